The van der Waals surface area contributed by atoms with E-state index >= 15 is 0 Å². The zero-order chi connectivity index (χ0) is 32.2. The molecule has 0 saturated heterocycles. The fraction of sp³-hybridized carbons (Fsp3) is 0.216. The van der Waals surface area contributed by atoms with Crippen LogP contribution in [-0.4, -0.2) is 51.1 Å². The van der Waals surface area contributed by atoms with Crippen molar-refractivity contribution in [2.75, 3.05) is 37.6 Å². The number of nitrogens with zero attached hydrogens (tertiary/aromatic N) is 1. The van der Waals surface area contributed by atoms with Gasteiger partial charge in [0.05, 0.1) is 26.5 Å². The number of para-hydroxylation sites is 3. The highest BCUT2D eigenvalue weighted by Crippen LogP contribution is 2.29. The molecule has 0 fully saturated rings. The quantitative estimate of drug-likeness (QED) is 0.0715. The Morgan fingerprint density at radius 2 is 1.51 bits per heavy atom. The summed E-state index contributed by atoms with van der Waals surface area (Å²) in [5, 5.41) is 3.23. The lowest BCUT2D eigenvalue weighted by Crippen LogP contribution is -2.33. The molecule has 1 atom stereocenters. The van der Waals surface area contributed by atoms with Crippen LogP contribution < -0.4 is 19.7 Å². The van der Waals surface area contributed by atoms with Gasteiger partial charge >= 0.3 is 5.97 Å². The number of anilines is 2. The van der Waals surface area contributed by atoms with Crippen LogP contribution in [0, 0.1) is 0 Å². The first-order chi connectivity index (χ1) is 21.8. The standard InChI is InChI=1S/C37H38N2O6/c1-26(2)36(41)39(33-17-10-11-18-34(33)43-3)23-12-24-45-29-21-19-27(20-22-29)25-32(37(42)44-4)38-31-16-9-8-15-30(31)35(40)28-13-6-5-7-14-28/h5-11,13-22,32,38H,1,12,23-25H2,2-4H3. The molecule has 1 unspecified atom stereocenters. The highest BCUT2D eigenvalue weighted by Gasteiger charge is 2.23. The minimum absolute atomic E-state index is 0.140. The van der Waals surface area contributed by atoms with Crippen molar-refractivity contribution < 1.29 is 28.6 Å². The fourth-order valence-corrected chi connectivity index (χ4v) is 4.86. The van der Waals surface area contributed by atoms with Crippen molar-refractivity contribution in [1.82, 2.24) is 0 Å². The van der Waals surface area contributed by atoms with Gasteiger partial charge in [0, 0.05) is 35.4 Å². The van der Waals surface area contributed by atoms with E-state index in [1.807, 2.05) is 72.8 Å². The van der Waals surface area contributed by atoms with Gasteiger partial charge in [0.1, 0.15) is 17.5 Å². The van der Waals surface area contributed by atoms with Gasteiger partial charge in [0.15, 0.2) is 5.78 Å². The number of carbonyl (C=O) groups excluding carboxylic acids is 3. The first-order valence-electron chi connectivity index (χ1n) is 14.7. The smallest absolute Gasteiger partial charge is 0.328 e. The van der Waals surface area contributed by atoms with Gasteiger partial charge in [-0.05, 0) is 55.3 Å². The maximum absolute atomic E-state index is 13.2. The molecule has 0 aliphatic rings. The van der Waals surface area contributed by atoms with Gasteiger partial charge in [0.2, 0.25) is 0 Å². The molecule has 4 aromatic rings. The van der Waals surface area contributed by atoms with Crippen molar-refractivity contribution >= 4 is 29.0 Å². The Labute approximate surface area is 264 Å². The van der Waals surface area contributed by atoms with Crippen LogP contribution in [0.2, 0.25) is 0 Å². The fourth-order valence-electron chi connectivity index (χ4n) is 4.86. The Morgan fingerprint density at radius 1 is 0.844 bits per heavy atom. The Morgan fingerprint density at radius 3 is 2.20 bits per heavy atom. The molecular formula is C37H38N2O6. The highest BCUT2D eigenvalue weighted by atomic mass is 16.5. The molecule has 0 bridgehead atoms. The monoisotopic (exact) mass is 606 g/mol. The molecule has 0 radical (unpaired) electrons. The number of esters is 1. The van der Waals surface area contributed by atoms with Crippen molar-refractivity contribution in [2.45, 2.75) is 25.8 Å². The first kappa shape index (κ1) is 32.5. The van der Waals surface area contributed by atoms with E-state index in [4.69, 9.17) is 14.2 Å². The van der Waals surface area contributed by atoms with E-state index in [9.17, 15) is 14.4 Å². The predicted octanol–water partition coefficient (Wildman–Crippen LogP) is 6.50. The van der Waals surface area contributed by atoms with Gasteiger partial charge in [-0.1, -0.05) is 73.3 Å². The number of carbonyl (C=O) groups is 3. The maximum atomic E-state index is 13.2. The average Bonchev–Trinajstić information content (AvgIpc) is 3.08. The van der Waals surface area contributed by atoms with E-state index in [2.05, 4.69) is 11.9 Å². The molecule has 1 N–H and O–H groups in total. The molecule has 8 nitrogen and oxygen atoms in total. The zero-order valence-corrected chi connectivity index (χ0v) is 25.8. The lowest BCUT2D eigenvalue weighted by molar-refractivity contribution is -0.141. The minimum Gasteiger partial charge on any atom is -0.495 e. The summed E-state index contributed by atoms with van der Waals surface area (Å²) < 4.78 is 16.5. The summed E-state index contributed by atoms with van der Waals surface area (Å²) in [6, 6.07) is 30.2. The highest BCUT2D eigenvalue weighted by molar-refractivity contribution is 6.12. The van der Waals surface area contributed by atoms with Gasteiger partial charge in [-0.2, -0.15) is 0 Å². The lowest BCUT2D eigenvalue weighted by atomic mass is 10.00. The molecule has 8 heteroatoms. The molecule has 45 heavy (non-hydrogen) atoms. The molecule has 1 amide bonds. The summed E-state index contributed by atoms with van der Waals surface area (Å²) in [5.41, 5.74) is 3.57. The van der Waals surface area contributed by atoms with Gasteiger partial charge < -0.3 is 24.4 Å². The number of hydrogen-bond donors (Lipinski definition) is 1. The van der Waals surface area contributed by atoms with Gasteiger partial charge in [-0.25, -0.2) is 4.79 Å². The Hall–Kier alpha value is -5.37. The second-order valence-electron chi connectivity index (χ2n) is 10.4. The van der Waals surface area contributed by atoms with Crippen LogP contribution in [0.5, 0.6) is 11.5 Å². The summed E-state index contributed by atoms with van der Waals surface area (Å²) in [4.78, 5) is 40.5. The van der Waals surface area contributed by atoms with E-state index in [-0.39, 0.29) is 11.7 Å². The van der Waals surface area contributed by atoms with Crippen molar-refractivity contribution in [3.8, 4) is 11.5 Å². The van der Waals surface area contributed by atoms with Crippen molar-refractivity contribution in [1.29, 1.82) is 0 Å². The third kappa shape index (κ3) is 8.60. The Kier molecular flexibility index (Phi) is 11.5. The van der Waals surface area contributed by atoms with Crippen molar-refractivity contribution in [3.63, 3.8) is 0 Å². The minimum atomic E-state index is -0.724. The average molecular weight is 607 g/mol. The molecule has 0 saturated carbocycles. The molecule has 0 spiro atoms. The predicted molar refractivity (Wildman–Crippen MR) is 176 cm³/mol. The van der Waals surface area contributed by atoms with Crippen LogP contribution in [0.1, 0.15) is 34.8 Å². The lowest BCUT2D eigenvalue weighted by Gasteiger charge is -2.25. The number of methoxy groups -OCH3 is 2. The Bertz CT molecular complexity index is 1620. The second-order valence-corrected chi connectivity index (χ2v) is 10.4. The molecule has 0 aliphatic carbocycles. The van der Waals surface area contributed by atoms with E-state index in [0.717, 1.165) is 5.56 Å². The van der Waals surface area contributed by atoms with Crippen LogP contribution in [0.25, 0.3) is 0 Å². The van der Waals surface area contributed by atoms with Crippen LogP contribution in [-0.2, 0) is 20.7 Å². The third-order valence-electron chi connectivity index (χ3n) is 7.17. The number of hydrogen-bond acceptors (Lipinski definition) is 7. The van der Waals surface area contributed by atoms with Crippen molar-refractivity contribution in [3.05, 3.63) is 132 Å². The second kappa shape index (κ2) is 15.9. The normalized spacial score (nSPS) is 11.2. The number of rotatable bonds is 15. The third-order valence-corrected chi connectivity index (χ3v) is 7.17. The van der Waals surface area contributed by atoms with Gasteiger partial charge in [-0.3, -0.25) is 9.59 Å². The number of ketones is 1. The summed E-state index contributed by atoms with van der Waals surface area (Å²) in [6.07, 6.45) is 0.909. The molecule has 0 aliphatic heterocycles. The topological polar surface area (TPSA) is 94.2 Å². The van der Waals surface area contributed by atoms with Gasteiger partial charge in [-0.15, -0.1) is 0 Å². The van der Waals surface area contributed by atoms with Crippen LogP contribution in [0.3, 0.4) is 0 Å². The van der Waals surface area contributed by atoms with Crippen LogP contribution in [0.15, 0.2) is 115 Å². The molecule has 4 rings (SSSR count). The summed E-state index contributed by atoms with van der Waals surface area (Å²) >= 11 is 0. The summed E-state index contributed by atoms with van der Waals surface area (Å²) in [5.74, 6) is 0.509. The number of benzene rings is 4. The van der Waals surface area contributed by atoms with Gasteiger partial charge in [0.25, 0.3) is 5.91 Å². The van der Waals surface area contributed by atoms with Crippen molar-refractivity contribution in [2.24, 2.45) is 0 Å². The van der Waals surface area contributed by atoms with Crippen LogP contribution in [0.4, 0.5) is 11.4 Å². The van der Waals surface area contributed by atoms with E-state index in [1.54, 1.807) is 49.3 Å². The molecule has 232 valence electrons. The number of nitrogens with one attached hydrogen (secondary N) is 1. The van der Waals surface area contributed by atoms with E-state index in [1.165, 1.54) is 7.11 Å². The molecule has 4 aromatic carbocycles. The molecule has 0 aromatic heterocycles. The first-order valence-corrected chi connectivity index (χ1v) is 14.7. The largest absolute Gasteiger partial charge is 0.495 e. The molecule has 0 heterocycles. The number of amides is 1. The van der Waals surface area contributed by atoms with Crippen LogP contribution >= 0.6 is 0 Å². The summed E-state index contributed by atoms with van der Waals surface area (Å²) in [7, 11) is 2.91. The Balaban J connectivity index is 1.38. The zero-order valence-electron chi connectivity index (χ0n) is 25.8. The molecular weight excluding hydrogens is 568 g/mol. The number of ether oxygens (including phenoxy) is 3. The SMILES string of the molecule is C=C(C)C(=O)N(CCCOc1ccc(CC(Nc2ccccc2C(=O)c2ccccc2)C(=O)OC)cc1)c1ccccc1OC. The van der Waals surface area contributed by atoms with E-state index < -0.39 is 12.0 Å². The maximum Gasteiger partial charge on any atom is 0.328 e. The summed E-state index contributed by atoms with van der Waals surface area (Å²) in [6.45, 7) is 6.30. The van der Waals surface area contributed by atoms with E-state index in [0.29, 0.717) is 65.6 Å².